The summed E-state index contributed by atoms with van der Waals surface area (Å²) in [5.74, 6) is 0. The summed E-state index contributed by atoms with van der Waals surface area (Å²) in [5.41, 5.74) is -0.550. The van der Waals surface area contributed by atoms with Gasteiger partial charge < -0.3 is 10.4 Å². The van der Waals surface area contributed by atoms with E-state index in [2.05, 4.69) is 10.3 Å². The number of alkyl halides is 3. The lowest BCUT2D eigenvalue weighted by atomic mass is 10.2. The number of nitrogens with zero attached hydrogens (tertiary/aromatic N) is 1. The zero-order valence-corrected chi connectivity index (χ0v) is 8.94. The molecule has 0 aliphatic carbocycles. The van der Waals surface area contributed by atoms with Crippen molar-refractivity contribution in [3.8, 4) is 0 Å². The SMILES string of the molecule is OCCNCc1cnc(C(F)(F)F)cc1Cl. The summed E-state index contributed by atoms with van der Waals surface area (Å²) in [4.78, 5) is 3.28. The van der Waals surface area contributed by atoms with Crippen LogP contribution in [0.25, 0.3) is 0 Å². The molecule has 0 aliphatic heterocycles. The van der Waals surface area contributed by atoms with Crippen molar-refractivity contribution in [2.75, 3.05) is 13.2 Å². The fourth-order valence-corrected chi connectivity index (χ4v) is 1.27. The first-order valence-corrected chi connectivity index (χ1v) is 4.86. The van der Waals surface area contributed by atoms with E-state index in [0.717, 1.165) is 12.3 Å². The maximum Gasteiger partial charge on any atom is 0.433 e. The molecule has 0 amide bonds. The number of aliphatic hydroxyl groups excluding tert-OH is 1. The van der Waals surface area contributed by atoms with E-state index in [1.807, 2.05) is 0 Å². The third-order valence-corrected chi connectivity index (χ3v) is 2.18. The van der Waals surface area contributed by atoms with Crippen LogP contribution in [0.5, 0.6) is 0 Å². The second kappa shape index (κ2) is 5.47. The van der Waals surface area contributed by atoms with Gasteiger partial charge in [-0.05, 0) is 6.07 Å². The van der Waals surface area contributed by atoms with Crippen LogP contribution in [0.3, 0.4) is 0 Å². The van der Waals surface area contributed by atoms with Gasteiger partial charge in [0.05, 0.1) is 6.61 Å². The minimum absolute atomic E-state index is 0.00719. The summed E-state index contributed by atoms with van der Waals surface area (Å²) in [6, 6.07) is 0.789. The highest BCUT2D eigenvalue weighted by Gasteiger charge is 2.32. The predicted octanol–water partition coefficient (Wildman–Crippen LogP) is 1.84. The van der Waals surface area contributed by atoms with Gasteiger partial charge in [-0.2, -0.15) is 13.2 Å². The van der Waals surface area contributed by atoms with E-state index in [9.17, 15) is 13.2 Å². The van der Waals surface area contributed by atoms with Crippen molar-refractivity contribution in [3.63, 3.8) is 0 Å². The van der Waals surface area contributed by atoms with E-state index < -0.39 is 11.9 Å². The van der Waals surface area contributed by atoms with Gasteiger partial charge in [-0.25, -0.2) is 0 Å². The Balaban J connectivity index is 2.76. The molecule has 0 spiro atoms. The molecule has 1 rings (SSSR count). The fraction of sp³-hybridized carbons (Fsp3) is 0.444. The summed E-state index contributed by atoms with van der Waals surface area (Å²) in [7, 11) is 0. The summed E-state index contributed by atoms with van der Waals surface area (Å²) >= 11 is 5.67. The number of pyridine rings is 1. The molecular formula is C9H10ClF3N2O. The molecule has 0 fully saturated rings. The van der Waals surface area contributed by atoms with E-state index in [-0.39, 0.29) is 18.2 Å². The topological polar surface area (TPSA) is 45.1 Å². The first-order chi connectivity index (χ1) is 7.45. The van der Waals surface area contributed by atoms with Crippen molar-refractivity contribution in [1.82, 2.24) is 10.3 Å². The Hall–Kier alpha value is -0.850. The molecule has 0 atom stereocenters. The third kappa shape index (κ3) is 3.62. The number of aliphatic hydroxyl groups is 1. The average Bonchev–Trinajstić information content (AvgIpc) is 2.19. The molecule has 1 aromatic rings. The monoisotopic (exact) mass is 254 g/mol. The summed E-state index contributed by atoms with van der Waals surface area (Å²) in [6.45, 7) is 0.563. The minimum atomic E-state index is -4.49. The van der Waals surface area contributed by atoms with E-state index in [4.69, 9.17) is 16.7 Å². The lowest BCUT2D eigenvalue weighted by Gasteiger charge is -2.09. The summed E-state index contributed by atoms with van der Waals surface area (Å²) in [6.07, 6.45) is -3.41. The molecule has 7 heteroatoms. The highest BCUT2D eigenvalue weighted by Crippen LogP contribution is 2.29. The fourth-order valence-electron chi connectivity index (χ4n) is 1.05. The molecule has 0 radical (unpaired) electrons. The van der Waals surface area contributed by atoms with Crippen LogP contribution >= 0.6 is 11.6 Å². The van der Waals surface area contributed by atoms with Crippen LogP contribution in [0.15, 0.2) is 12.3 Å². The van der Waals surface area contributed by atoms with Gasteiger partial charge in [0.15, 0.2) is 0 Å². The Labute approximate surface area is 95.3 Å². The van der Waals surface area contributed by atoms with Crippen LogP contribution in [-0.4, -0.2) is 23.2 Å². The lowest BCUT2D eigenvalue weighted by molar-refractivity contribution is -0.141. The van der Waals surface area contributed by atoms with E-state index in [0.29, 0.717) is 12.1 Å². The summed E-state index contributed by atoms with van der Waals surface area (Å²) in [5, 5.41) is 11.3. The largest absolute Gasteiger partial charge is 0.433 e. The molecule has 16 heavy (non-hydrogen) atoms. The smallest absolute Gasteiger partial charge is 0.395 e. The van der Waals surface area contributed by atoms with Gasteiger partial charge >= 0.3 is 6.18 Å². The van der Waals surface area contributed by atoms with Crippen LogP contribution < -0.4 is 5.32 Å². The van der Waals surface area contributed by atoms with E-state index in [1.54, 1.807) is 0 Å². The minimum Gasteiger partial charge on any atom is -0.395 e. The molecule has 0 aliphatic rings. The molecule has 1 heterocycles. The van der Waals surface area contributed by atoms with Crippen molar-refractivity contribution in [2.24, 2.45) is 0 Å². The molecule has 3 nitrogen and oxygen atoms in total. The highest BCUT2D eigenvalue weighted by molar-refractivity contribution is 6.31. The van der Waals surface area contributed by atoms with Gasteiger partial charge in [0.1, 0.15) is 5.69 Å². The highest BCUT2D eigenvalue weighted by atomic mass is 35.5. The van der Waals surface area contributed by atoms with Crippen LogP contribution in [0.1, 0.15) is 11.3 Å². The van der Waals surface area contributed by atoms with Gasteiger partial charge in [-0.15, -0.1) is 0 Å². The van der Waals surface area contributed by atoms with Gasteiger partial charge in [0.25, 0.3) is 0 Å². The van der Waals surface area contributed by atoms with Crippen LogP contribution in [0.4, 0.5) is 13.2 Å². The molecule has 1 aromatic heterocycles. The molecular weight excluding hydrogens is 245 g/mol. The van der Waals surface area contributed by atoms with Crippen LogP contribution in [-0.2, 0) is 12.7 Å². The van der Waals surface area contributed by atoms with Crippen molar-refractivity contribution in [2.45, 2.75) is 12.7 Å². The molecule has 2 N–H and O–H groups in total. The average molecular weight is 255 g/mol. The second-order valence-corrected chi connectivity index (χ2v) is 3.47. The number of hydrogen-bond donors (Lipinski definition) is 2. The lowest BCUT2D eigenvalue weighted by Crippen LogP contribution is -2.18. The number of aromatic nitrogens is 1. The standard InChI is InChI=1S/C9H10ClF3N2O/c10-7-3-8(9(11,12)13)15-5-6(7)4-14-1-2-16/h3,5,14,16H,1-2,4H2. The van der Waals surface area contributed by atoms with Crippen LogP contribution in [0.2, 0.25) is 5.02 Å². The zero-order chi connectivity index (χ0) is 12.2. The Morgan fingerprint density at radius 3 is 2.62 bits per heavy atom. The molecule has 90 valence electrons. The first-order valence-electron chi connectivity index (χ1n) is 4.48. The van der Waals surface area contributed by atoms with Crippen molar-refractivity contribution < 1.29 is 18.3 Å². The Morgan fingerprint density at radius 1 is 1.44 bits per heavy atom. The van der Waals surface area contributed by atoms with E-state index >= 15 is 0 Å². The normalized spacial score (nSPS) is 11.8. The van der Waals surface area contributed by atoms with E-state index in [1.165, 1.54) is 0 Å². The molecule has 0 unspecified atom stereocenters. The number of hydrogen-bond acceptors (Lipinski definition) is 3. The molecule has 0 aromatic carbocycles. The van der Waals surface area contributed by atoms with Gasteiger partial charge in [0.2, 0.25) is 0 Å². The maximum absolute atomic E-state index is 12.2. The van der Waals surface area contributed by atoms with Gasteiger partial charge in [0, 0.05) is 29.9 Å². The van der Waals surface area contributed by atoms with Crippen molar-refractivity contribution in [1.29, 1.82) is 0 Å². The number of rotatable bonds is 4. The third-order valence-electron chi connectivity index (χ3n) is 1.82. The first kappa shape index (κ1) is 13.2. The predicted molar refractivity (Wildman–Crippen MR) is 53.0 cm³/mol. The zero-order valence-electron chi connectivity index (χ0n) is 8.18. The second-order valence-electron chi connectivity index (χ2n) is 3.06. The van der Waals surface area contributed by atoms with Crippen molar-refractivity contribution in [3.05, 3.63) is 28.5 Å². The molecule has 0 saturated carbocycles. The number of halogens is 4. The summed E-state index contributed by atoms with van der Waals surface area (Å²) < 4.78 is 36.7. The molecule has 0 bridgehead atoms. The Kier molecular flexibility index (Phi) is 4.52. The van der Waals surface area contributed by atoms with Crippen molar-refractivity contribution >= 4 is 11.6 Å². The maximum atomic E-state index is 12.2. The quantitative estimate of drug-likeness (QED) is 0.806. The van der Waals surface area contributed by atoms with Gasteiger partial charge in [-0.1, -0.05) is 11.6 Å². The molecule has 0 saturated heterocycles. The van der Waals surface area contributed by atoms with Gasteiger partial charge in [-0.3, -0.25) is 4.98 Å². The van der Waals surface area contributed by atoms with Crippen LogP contribution in [0, 0.1) is 0 Å². The number of nitrogens with one attached hydrogen (secondary N) is 1. The Morgan fingerprint density at radius 2 is 2.12 bits per heavy atom. The Bertz CT molecular complexity index is 357.